The third kappa shape index (κ3) is 8.74. The minimum atomic E-state index is -0.774. The first kappa shape index (κ1) is 40.6. The van der Waals surface area contributed by atoms with E-state index < -0.39 is 5.41 Å². The fraction of sp³-hybridized carbons (Fsp3) is 0.100. The van der Waals surface area contributed by atoms with Crippen LogP contribution in [0.15, 0.2) is 249 Å². The molecule has 2 N–H and O–H groups in total. The van der Waals surface area contributed by atoms with Crippen molar-refractivity contribution in [2.45, 2.75) is 37.5 Å². The molecule has 0 radical (unpaired) electrons. The first-order valence-electron chi connectivity index (χ1n) is 21.3. The summed E-state index contributed by atoms with van der Waals surface area (Å²) < 4.78 is 0. The van der Waals surface area contributed by atoms with Gasteiger partial charge in [-0.2, -0.15) is 0 Å². The summed E-state index contributed by atoms with van der Waals surface area (Å²) in [6, 6.07) is 52.8. The van der Waals surface area contributed by atoms with Gasteiger partial charge in [0.05, 0.1) is 5.41 Å². The smallest absolute Gasteiger partial charge is 0.0653 e. The van der Waals surface area contributed by atoms with Crippen molar-refractivity contribution in [2.75, 3.05) is 5.73 Å². The maximum atomic E-state index is 7.21. The Morgan fingerprint density at radius 3 is 2.13 bits per heavy atom. The van der Waals surface area contributed by atoms with Crippen LogP contribution in [0.25, 0.3) is 27.8 Å². The van der Waals surface area contributed by atoms with E-state index in [1.807, 2.05) is 24.3 Å². The molecule has 0 aromatic heterocycles. The average Bonchev–Trinajstić information content (AvgIpc) is 3.30. The van der Waals surface area contributed by atoms with E-state index in [1.165, 1.54) is 50.1 Å². The molecule has 1 atom stereocenters. The number of hydrogen-bond donors (Lipinski definition) is 1. The lowest BCUT2D eigenvalue weighted by molar-refractivity contribution is 0.642. The molecule has 0 saturated carbocycles. The standard InChI is InChI=1S/C60H53N/c1-4-5-6-13-25-49-26-15-17-31-56(49)60(57-32-18-19-33-59(57)61)45(3)22-10-7-9-21-44(2)55-30-16-14-27-53(55)42-54-39-38-52(43-58(54)60)51-29-20-28-50(41-51)48-36-34-47(35-37-48)40-46-23-11-8-12-24-46/h4-16,18-21,23-30,32-39,41,43H,1-3,17,22,31,40,42,61H2/b6-5-,10-7-,21-9-,25-13-. The molecule has 1 unspecified atom stereocenters. The Morgan fingerprint density at radius 1 is 0.590 bits per heavy atom. The molecule has 0 saturated heterocycles. The molecule has 2 aliphatic rings. The molecule has 2 aliphatic carbocycles. The number of nitrogens with two attached hydrogens (primary N) is 1. The minimum Gasteiger partial charge on any atom is -0.398 e. The van der Waals surface area contributed by atoms with Crippen LogP contribution < -0.4 is 5.73 Å². The number of hydrogen-bond acceptors (Lipinski definition) is 1. The van der Waals surface area contributed by atoms with E-state index in [2.05, 4.69) is 195 Å². The topological polar surface area (TPSA) is 26.0 Å². The van der Waals surface area contributed by atoms with Crippen molar-refractivity contribution in [3.8, 4) is 22.3 Å². The molecule has 6 aromatic carbocycles. The van der Waals surface area contributed by atoms with Crippen molar-refractivity contribution in [1.29, 1.82) is 0 Å². The molecule has 0 amide bonds. The van der Waals surface area contributed by atoms with E-state index >= 15 is 0 Å². The van der Waals surface area contributed by atoms with Gasteiger partial charge in [-0.25, -0.2) is 0 Å². The predicted molar refractivity (Wildman–Crippen MR) is 262 cm³/mol. The van der Waals surface area contributed by atoms with Gasteiger partial charge in [0.2, 0.25) is 0 Å². The van der Waals surface area contributed by atoms with Crippen LogP contribution in [0, 0.1) is 0 Å². The summed E-state index contributed by atoms with van der Waals surface area (Å²) in [6.07, 6.45) is 27.3. The van der Waals surface area contributed by atoms with Gasteiger partial charge in [0, 0.05) is 5.69 Å². The number of rotatable bonds is 9. The number of fused-ring (bicyclic) bond motifs is 2. The highest BCUT2D eigenvalue weighted by Crippen LogP contribution is 2.53. The monoisotopic (exact) mass is 787 g/mol. The lowest BCUT2D eigenvalue weighted by Gasteiger charge is -2.43. The summed E-state index contributed by atoms with van der Waals surface area (Å²) in [4.78, 5) is 0. The number of anilines is 1. The van der Waals surface area contributed by atoms with E-state index in [9.17, 15) is 0 Å². The maximum Gasteiger partial charge on any atom is 0.0653 e. The van der Waals surface area contributed by atoms with E-state index in [1.54, 1.807) is 6.08 Å². The summed E-state index contributed by atoms with van der Waals surface area (Å²) in [5.74, 6) is 0. The fourth-order valence-corrected chi connectivity index (χ4v) is 9.13. The molecule has 0 fully saturated rings. The van der Waals surface area contributed by atoms with Crippen LogP contribution in [-0.2, 0) is 18.3 Å². The molecule has 1 heteroatoms. The van der Waals surface area contributed by atoms with Crippen molar-refractivity contribution in [2.24, 2.45) is 0 Å². The summed E-state index contributed by atoms with van der Waals surface area (Å²) in [5.41, 5.74) is 24.8. The quantitative estimate of drug-likeness (QED) is 0.0881. The molecule has 8 rings (SSSR count). The molecular formula is C60H53N. The predicted octanol–water partition coefficient (Wildman–Crippen LogP) is 15.1. The molecule has 6 aromatic rings. The van der Waals surface area contributed by atoms with E-state index in [0.717, 1.165) is 58.3 Å². The largest absolute Gasteiger partial charge is 0.398 e. The lowest BCUT2D eigenvalue weighted by Crippen LogP contribution is -2.36. The molecule has 0 bridgehead atoms. The summed E-state index contributed by atoms with van der Waals surface area (Å²) in [5, 5.41) is 0. The summed E-state index contributed by atoms with van der Waals surface area (Å²) in [6.45, 7) is 13.4. The number of para-hydroxylation sites is 1. The number of benzene rings is 6. The zero-order valence-electron chi connectivity index (χ0n) is 34.9. The normalized spacial score (nSPS) is 17.9. The van der Waals surface area contributed by atoms with Gasteiger partial charge < -0.3 is 5.73 Å². The van der Waals surface area contributed by atoms with Crippen LogP contribution in [0.5, 0.6) is 0 Å². The highest BCUT2D eigenvalue weighted by atomic mass is 14.6. The molecule has 298 valence electrons. The van der Waals surface area contributed by atoms with Gasteiger partial charge in [0.15, 0.2) is 0 Å². The van der Waals surface area contributed by atoms with E-state index in [0.29, 0.717) is 12.8 Å². The van der Waals surface area contributed by atoms with Crippen molar-refractivity contribution in [3.63, 3.8) is 0 Å². The zero-order chi connectivity index (χ0) is 42.0. The Hall–Kier alpha value is -7.22. The Labute approximate surface area is 363 Å². The third-order valence-corrected chi connectivity index (χ3v) is 12.1. The van der Waals surface area contributed by atoms with E-state index in [-0.39, 0.29) is 0 Å². The van der Waals surface area contributed by atoms with Crippen molar-refractivity contribution >= 4 is 11.3 Å². The second-order valence-electron chi connectivity index (χ2n) is 16.0. The lowest BCUT2D eigenvalue weighted by atomic mass is 9.59. The van der Waals surface area contributed by atoms with Gasteiger partial charge in [-0.05, 0) is 128 Å². The van der Waals surface area contributed by atoms with Crippen molar-refractivity contribution in [1.82, 2.24) is 0 Å². The average molecular weight is 788 g/mol. The van der Waals surface area contributed by atoms with Crippen molar-refractivity contribution in [3.05, 3.63) is 288 Å². The van der Waals surface area contributed by atoms with Crippen LogP contribution in [-0.4, -0.2) is 0 Å². The first-order valence-corrected chi connectivity index (χ1v) is 21.3. The Bertz CT molecular complexity index is 2760. The number of nitrogen functional groups attached to an aromatic ring is 1. The fourth-order valence-electron chi connectivity index (χ4n) is 9.13. The SMILES string of the molecule is C=C/C=C\C=C/C1=C(C2(c3ccccc3N)C(=C)C/C=C\C=C/C(=C)c3ccccc3Cc3ccc(-c4cccc(-c5ccc(Cc6ccccc6)cc5)c4)cc32)CCC=C1. The van der Waals surface area contributed by atoms with Gasteiger partial charge >= 0.3 is 0 Å². The second kappa shape index (κ2) is 18.8. The Balaban J connectivity index is 1.37. The molecule has 0 spiro atoms. The number of allylic oxidation sites excluding steroid dienone is 15. The third-order valence-electron chi connectivity index (χ3n) is 12.1. The van der Waals surface area contributed by atoms with Gasteiger partial charge in [0.1, 0.15) is 0 Å². The van der Waals surface area contributed by atoms with E-state index in [4.69, 9.17) is 12.3 Å². The van der Waals surface area contributed by atoms with Crippen LogP contribution >= 0.6 is 0 Å². The molecule has 0 aliphatic heterocycles. The highest BCUT2D eigenvalue weighted by Gasteiger charge is 2.44. The Kier molecular flexibility index (Phi) is 12.5. The van der Waals surface area contributed by atoms with Gasteiger partial charge in [-0.15, -0.1) is 0 Å². The zero-order valence-corrected chi connectivity index (χ0v) is 34.9. The molecular weight excluding hydrogens is 735 g/mol. The Morgan fingerprint density at radius 2 is 1.31 bits per heavy atom. The van der Waals surface area contributed by atoms with Crippen LogP contribution in [0.3, 0.4) is 0 Å². The molecule has 1 nitrogen and oxygen atoms in total. The van der Waals surface area contributed by atoms with Gasteiger partial charge in [-0.1, -0.05) is 220 Å². The second-order valence-corrected chi connectivity index (χ2v) is 16.0. The highest BCUT2D eigenvalue weighted by molar-refractivity contribution is 5.78. The van der Waals surface area contributed by atoms with Crippen LogP contribution in [0.4, 0.5) is 5.69 Å². The van der Waals surface area contributed by atoms with Gasteiger partial charge in [0.25, 0.3) is 0 Å². The molecule has 0 heterocycles. The van der Waals surface area contributed by atoms with Crippen LogP contribution in [0.1, 0.15) is 58.2 Å². The summed E-state index contributed by atoms with van der Waals surface area (Å²) >= 11 is 0. The molecule has 61 heavy (non-hydrogen) atoms. The van der Waals surface area contributed by atoms with Gasteiger partial charge in [-0.3, -0.25) is 0 Å². The summed E-state index contributed by atoms with van der Waals surface area (Å²) in [7, 11) is 0. The minimum absolute atomic E-state index is 0.651. The first-order chi connectivity index (χ1) is 29.9. The van der Waals surface area contributed by atoms with Crippen LogP contribution in [0.2, 0.25) is 0 Å². The van der Waals surface area contributed by atoms with Crippen molar-refractivity contribution < 1.29 is 0 Å². The maximum absolute atomic E-state index is 7.21.